The molecule has 0 spiro atoms. The van der Waals surface area contributed by atoms with Crippen molar-refractivity contribution >= 4 is 11.8 Å². The molecular weight excluding hydrogens is 194 g/mol. The van der Waals surface area contributed by atoms with Crippen LogP contribution in [0.25, 0.3) is 0 Å². The van der Waals surface area contributed by atoms with E-state index in [-0.39, 0.29) is 0 Å². The van der Waals surface area contributed by atoms with E-state index in [1.807, 2.05) is 12.2 Å². The van der Waals surface area contributed by atoms with E-state index in [0.717, 1.165) is 6.42 Å². The first-order valence-corrected chi connectivity index (χ1v) is 4.86. The zero-order valence-electron chi connectivity index (χ0n) is 9.36. The SMILES string of the molecule is CC(N)=NCC/C=C\CC(C)([NH3+])C(=O)O. The fraction of sp³-hybridized carbons (Fsp3) is 0.600. The van der Waals surface area contributed by atoms with Crippen molar-refractivity contribution in [1.82, 2.24) is 0 Å². The van der Waals surface area contributed by atoms with Crippen molar-refractivity contribution < 1.29 is 15.6 Å². The molecule has 5 nitrogen and oxygen atoms in total. The van der Waals surface area contributed by atoms with Crippen LogP contribution in [-0.4, -0.2) is 29.0 Å². The van der Waals surface area contributed by atoms with E-state index in [1.165, 1.54) is 0 Å². The average molecular weight is 214 g/mol. The molecule has 0 aliphatic heterocycles. The molecule has 0 bridgehead atoms. The maximum Gasteiger partial charge on any atom is 0.365 e. The smallest absolute Gasteiger partial charge is 0.365 e. The van der Waals surface area contributed by atoms with Crippen molar-refractivity contribution in [2.45, 2.75) is 32.2 Å². The van der Waals surface area contributed by atoms with E-state index in [4.69, 9.17) is 10.8 Å². The van der Waals surface area contributed by atoms with E-state index < -0.39 is 11.5 Å². The summed E-state index contributed by atoms with van der Waals surface area (Å²) in [6.45, 7) is 3.97. The molecule has 15 heavy (non-hydrogen) atoms. The number of aliphatic carboxylic acids is 1. The number of nitrogens with two attached hydrogens (primary N) is 1. The highest BCUT2D eigenvalue weighted by Crippen LogP contribution is 2.04. The number of amidine groups is 1. The summed E-state index contributed by atoms with van der Waals surface area (Å²) < 4.78 is 0. The Bertz CT molecular complexity index is 266. The van der Waals surface area contributed by atoms with E-state index in [2.05, 4.69) is 10.7 Å². The first kappa shape index (κ1) is 13.6. The minimum atomic E-state index is -0.941. The summed E-state index contributed by atoms with van der Waals surface area (Å²) in [6, 6.07) is 0. The molecule has 6 N–H and O–H groups in total. The van der Waals surface area contributed by atoms with Crippen LogP contribution in [0.3, 0.4) is 0 Å². The summed E-state index contributed by atoms with van der Waals surface area (Å²) in [4.78, 5) is 14.7. The third kappa shape index (κ3) is 6.68. The van der Waals surface area contributed by atoms with E-state index >= 15 is 0 Å². The van der Waals surface area contributed by atoms with Crippen LogP contribution in [0.4, 0.5) is 0 Å². The van der Waals surface area contributed by atoms with Gasteiger partial charge in [0.2, 0.25) is 0 Å². The molecule has 0 fully saturated rings. The quantitative estimate of drug-likeness (QED) is 0.246. The molecule has 0 aromatic heterocycles. The van der Waals surface area contributed by atoms with E-state index in [0.29, 0.717) is 18.8 Å². The van der Waals surface area contributed by atoms with Gasteiger partial charge < -0.3 is 16.6 Å². The molecule has 0 saturated carbocycles. The van der Waals surface area contributed by atoms with Crippen LogP contribution in [0.2, 0.25) is 0 Å². The number of carboxylic acid groups (broad SMARTS) is 1. The molecule has 1 atom stereocenters. The Kier molecular flexibility index (Phi) is 5.62. The summed E-state index contributed by atoms with van der Waals surface area (Å²) in [5.41, 5.74) is 8.03. The van der Waals surface area contributed by atoms with Crippen LogP contribution >= 0.6 is 0 Å². The Balaban J connectivity index is 3.81. The molecule has 0 aromatic carbocycles. The molecule has 1 unspecified atom stereocenters. The van der Waals surface area contributed by atoms with Gasteiger partial charge >= 0.3 is 5.97 Å². The van der Waals surface area contributed by atoms with Crippen LogP contribution in [0, 0.1) is 0 Å². The number of nitrogens with zero attached hydrogens (tertiary/aromatic N) is 1. The Morgan fingerprint density at radius 3 is 2.67 bits per heavy atom. The maximum atomic E-state index is 10.7. The second-order valence-electron chi connectivity index (χ2n) is 3.85. The predicted octanol–water partition coefficient (Wildman–Crippen LogP) is -0.215. The first-order valence-electron chi connectivity index (χ1n) is 4.86. The van der Waals surface area contributed by atoms with Gasteiger partial charge in [-0.3, -0.25) is 4.99 Å². The van der Waals surface area contributed by atoms with Gasteiger partial charge in [-0.15, -0.1) is 0 Å². The molecule has 0 aliphatic carbocycles. The van der Waals surface area contributed by atoms with Crippen molar-refractivity contribution in [2.24, 2.45) is 10.7 Å². The lowest BCUT2D eigenvalue weighted by molar-refractivity contribution is -0.455. The number of aliphatic imine (C=N–C) groups is 1. The van der Waals surface area contributed by atoms with Crippen LogP contribution in [0.15, 0.2) is 17.1 Å². The Morgan fingerprint density at radius 1 is 1.60 bits per heavy atom. The van der Waals surface area contributed by atoms with Crippen molar-refractivity contribution in [1.29, 1.82) is 0 Å². The average Bonchev–Trinajstić information content (AvgIpc) is 2.10. The highest BCUT2D eigenvalue weighted by atomic mass is 16.4. The third-order valence-corrected chi connectivity index (χ3v) is 1.91. The third-order valence-electron chi connectivity index (χ3n) is 1.91. The zero-order chi connectivity index (χ0) is 11.9. The fourth-order valence-electron chi connectivity index (χ4n) is 0.864. The minimum absolute atomic E-state index is 0.424. The second-order valence-corrected chi connectivity index (χ2v) is 3.85. The number of hydrogen-bond acceptors (Lipinski definition) is 2. The van der Waals surface area contributed by atoms with Gasteiger partial charge in [-0.25, -0.2) is 4.79 Å². The Hall–Kier alpha value is -1.36. The zero-order valence-corrected chi connectivity index (χ0v) is 9.36. The maximum absolute atomic E-state index is 10.7. The lowest BCUT2D eigenvalue weighted by Gasteiger charge is -2.11. The lowest BCUT2D eigenvalue weighted by atomic mass is 9.99. The van der Waals surface area contributed by atoms with Gasteiger partial charge in [0.1, 0.15) is 0 Å². The molecule has 86 valence electrons. The van der Waals surface area contributed by atoms with Gasteiger partial charge in [-0.2, -0.15) is 0 Å². The number of rotatable bonds is 6. The molecule has 0 amide bonds. The molecule has 0 aromatic rings. The highest BCUT2D eigenvalue weighted by molar-refractivity contribution is 5.77. The molecular formula is C10H20N3O2+. The number of hydrogen-bond donors (Lipinski definition) is 3. The van der Waals surface area contributed by atoms with Gasteiger partial charge in [-0.1, -0.05) is 12.2 Å². The Morgan fingerprint density at radius 2 is 2.20 bits per heavy atom. The second kappa shape index (κ2) is 6.19. The topological polar surface area (TPSA) is 103 Å². The van der Waals surface area contributed by atoms with Gasteiger partial charge in [-0.05, 0) is 13.3 Å². The summed E-state index contributed by atoms with van der Waals surface area (Å²) >= 11 is 0. The van der Waals surface area contributed by atoms with Gasteiger partial charge in [0.15, 0.2) is 5.54 Å². The molecule has 0 aliphatic rings. The molecule has 5 heteroatoms. The van der Waals surface area contributed by atoms with Crippen molar-refractivity contribution in [3.8, 4) is 0 Å². The summed E-state index contributed by atoms with van der Waals surface area (Å²) in [5.74, 6) is -0.320. The van der Waals surface area contributed by atoms with Gasteiger partial charge in [0.25, 0.3) is 0 Å². The number of carboxylic acids is 1. The van der Waals surface area contributed by atoms with E-state index in [1.54, 1.807) is 13.8 Å². The summed E-state index contributed by atoms with van der Waals surface area (Å²) in [6.07, 6.45) is 4.92. The molecule has 0 rings (SSSR count). The minimum Gasteiger partial charge on any atom is -0.477 e. The van der Waals surface area contributed by atoms with Crippen LogP contribution in [-0.2, 0) is 4.79 Å². The van der Waals surface area contributed by atoms with Crippen LogP contribution in [0.5, 0.6) is 0 Å². The largest absolute Gasteiger partial charge is 0.477 e. The number of quaternary nitrogens is 1. The predicted molar refractivity (Wildman–Crippen MR) is 59.5 cm³/mol. The summed E-state index contributed by atoms with van der Waals surface area (Å²) in [5, 5.41) is 8.78. The molecule has 0 heterocycles. The van der Waals surface area contributed by atoms with Crippen molar-refractivity contribution in [3.63, 3.8) is 0 Å². The van der Waals surface area contributed by atoms with Crippen LogP contribution < -0.4 is 11.5 Å². The van der Waals surface area contributed by atoms with E-state index in [9.17, 15) is 4.79 Å². The fourth-order valence-corrected chi connectivity index (χ4v) is 0.864. The van der Waals surface area contributed by atoms with Gasteiger partial charge in [0.05, 0.1) is 5.84 Å². The monoisotopic (exact) mass is 214 g/mol. The standard InChI is InChI=1S/C10H19N3O2/c1-8(11)13-7-5-3-4-6-10(2,12)9(14)15/h3-4H,5-7,12H2,1-2H3,(H2,11,13)(H,14,15)/p+1/b4-3-. The van der Waals surface area contributed by atoms with Crippen LogP contribution in [0.1, 0.15) is 26.7 Å². The first-order chi connectivity index (χ1) is 6.86. The van der Waals surface area contributed by atoms with Crippen molar-refractivity contribution in [2.75, 3.05) is 6.54 Å². The Labute approximate surface area is 89.9 Å². The van der Waals surface area contributed by atoms with Gasteiger partial charge in [0, 0.05) is 19.9 Å². The molecule has 0 radical (unpaired) electrons. The number of carbonyl (C=O) groups is 1. The van der Waals surface area contributed by atoms with Crippen molar-refractivity contribution in [3.05, 3.63) is 12.2 Å². The summed E-state index contributed by atoms with van der Waals surface area (Å²) in [7, 11) is 0. The molecule has 0 saturated heterocycles. The lowest BCUT2D eigenvalue weighted by Crippen LogP contribution is -2.74. The normalized spacial score (nSPS) is 16.6. The highest BCUT2D eigenvalue weighted by Gasteiger charge is 2.30.